The average Bonchev–Trinajstić information content (AvgIpc) is 2.40. The molecule has 0 saturated carbocycles. The summed E-state index contributed by atoms with van der Waals surface area (Å²) in [7, 11) is 0. The molecular weight excluding hydrogens is 238 g/mol. The van der Waals surface area contributed by atoms with Crippen LogP contribution in [0.3, 0.4) is 0 Å². The van der Waals surface area contributed by atoms with Gasteiger partial charge in [0.15, 0.2) is 0 Å². The molecule has 0 radical (unpaired) electrons. The van der Waals surface area contributed by atoms with Crippen molar-refractivity contribution in [1.29, 1.82) is 0 Å². The number of fused-ring (bicyclic) bond motifs is 1. The van der Waals surface area contributed by atoms with Gasteiger partial charge in [0, 0.05) is 17.5 Å². The molecule has 0 spiro atoms. The molecule has 1 aromatic rings. The molecule has 0 aromatic heterocycles. The lowest BCUT2D eigenvalue weighted by atomic mass is 9.93. The summed E-state index contributed by atoms with van der Waals surface area (Å²) >= 11 is 0. The zero-order valence-electron chi connectivity index (χ0n) is 12.5. The molecule has 0 fully saturated rings. The smallest absolute Gasteiger partial charge is 0.228 e. The van der Waals surface area contributed by atoms with Crippen molar-refractivity contribution in [3.8, 4) is 5.75 Å². The molecular formula is C16H23NO2. The van der Waals surface area contributed by atoms with E-state index in [-0.39, 0.29) is 16.9 Å². The number of hydrogen-bond donors (Lipinski definition) is 0. The summed E-state index contributed by atoms with van der Waals surface area (Å²) in [5.41, 5.74) is 0.341. The van der Waals surface area contributed by atoms with Crippen molar-refractivity contribution in [2.24, 2.45) is 5.41 Å². The van der Waals surface area contributed by atoms with Crippen LogP contribution in [-0.2, 0) is 11.3 Å². The molecule has 0 N–H and O–H groups in total. The average molecular weight is 261 g/mol. The minimum Gasteiger partial charge on any atom is -0.486 e. The van der Waals surface area contributed by atoms with E-state index in [0.29, 0.717) is 13.1 Å². The fourth-order valence-electron chi connectivity index (χ4n) is 2.40. The Hall–Kier alpha value is -1.51. The summed E-state index contributed by atoms with van der Waals surface area (Å²) in [5.74, 6) is 1.05. The van der Waals surface area contributed by atoms with E-state index in [1.54, 1.807) is 0 Å². The van der Waals surface area contributed by atoms with Crippen LogP contribution >= 0.6 is 0 Å². The maximum absolute atomic E-state index is 12.5. The van der Waals surface area contributed by atoms with Crippen LogP contribution in [0.15, 0.2) is 24.3 Å². The number of hydrogen-bond acceptors (Lipinski definition) is 2. The van der Waals surface area contributed by atoms with Crippen molar-refractivity contribution in [1.82, 2.24) is 4.90 Å². The third kappa shape index (κ3) is 3.09. The predicted molar refractivity (Wildman–Crippen MR) is 76.0 cm³/mol. The van der Waals surface area contributed by atoms with Crippen LogP contribution in [0.5, 0.6) is 5.75 Å². The molecule has 1 aliphatic heterocycles. The van der Waals surface area contributed by atoms with E-state index in [0.717, 1.165) is 11.3 Å². The third-order valence-electron chi connectivity index (χ3n) is 3.22. The van der Waals surface area contributed by atoms with Crippen LogP contribution in [0.25, 0.3) is 0 Å². The van der Waals surface area contributed by atoms with Gasteiger partial charge < -0.3 is 9.64 Å². The van der Waals surface area contributed by atoms with Crippen molar-refractivity contribution < 1.29 is 9.53 Å². The largest absolute Gasteiger partial charge is 0.486 e. The molecule has 19 heavy (non-hydrogen) atoms. The highest BCUT2D eigenvalue weighted by Crippen LogP contribution is 2.31. The highest BCUT2D eigenvalue weighted by molar-refractivity contribution is 5.81. The van der Waals surface area contributed by atoms with Gasteiger partial charge in [0.05, 0.1) is 6.54 Å². The normalized spacial score (nSPS) is 18.3. The van der Waals surface area contributed by atoms with Crippen LogP contribution in [0.1, 0.15) is 40.2 Å². The molecule has 1 heterocycles. The molecule has 1 aromatic carbocycles. The number of amides is 1. The lowest BCUT2D eigenvalue weighted by Crippen LogP contribution is -2.46. The minimum atomic E-state index is -0.368. The van der Waals surface area contributed by atoms with Gasteiger partial charge in [-0.1, -0.05) is 39.0 Å². The van der Waals surface area contributed by atoms with Gasteiger partial charge in [-0.05, 0) is 19.9 Å². The first-order chi connectivity index (χ1) is 8.69. The zero-order valence-corrected chi connectivity index (χ0v) is 12.5. The number of benzene rings is 1. The van der Waals surface area contributed by atoms with Gasteiger partial charge in [0.2, 0.25) is 5.91 Å². The van der Waals surface area contributed by atoms with E-state index in [2.05, 4.69) is 0 Å². The molecule has 0 unspecified atom stereocenters. The molecule has 104 valence electrons. The summed E-state index contributed by atoms with van der Waals surface area (Å²) in [6.07, 6.45) is 0. The van der Waals surface area contributed by atoms with E-state index in [1.165, 1.54) is 0 Å². The Balaban J connectivity index is 2.36. The second kappa shape index (κ2) is 4.55. The highest BCUT2D eigenvalue weighted by Gasteiger charge is 2.35. The van der Waals surface area contributed by atoms with Crippen LogP contribution in [0, 0.1) is 5.41 Å². The topological polar surface area (TPSA) is 29.5 Å². The molecule has 0 bridgehead atoms. The van der Waals surface area contributed by atoms with Crippen LogP contribution < -0.4 is 4.74 Å². The van der Waals surface area contributed by atoms with E-state index in [1.807, 2.05) is 63.8 Å². The van der Waals surface area contributed by atoms with Gasteiger partial charge in [0.1, 0.15) is 11.4 Å². The number of nitrogens with zero attached hydrogens (tertiary/aromatic N) is 1. The van der Waals surface area contributed by atoms with E-state index in [9.17, 15) is 4.79 Å². The lowest BCUT2D eigenvalue weighted by Gasteiger charge is -2.33. The molecule has 1 aliphatic rings. The summed E-state index contributed by atoms with van der Waals surface area (Å²) in [6, 6.07) is 7.96. The van der Waals surface area contributed by atoms with E-state index < -0.39 is 0 Å². The molecule has 2 rings (SSSR count). The Morgan fingerprint density at radius 3 is 2.53 bits per heavy atom. The molecule has 3 heteroatoms. The fourth-order valence-corrected chi connectivity index (χ4v) is 2.40. The van der Waals surface area contributed by atoms with Gasteiger partial charge >= 0.3 is 0 Å². The van der Waals surface area contributed by atoms with Crippen LogP contribution in [-0.4, -0.2) is 23.0 Å². The number of ether oxygens (including phenoxy) is 1. The maximum atomic E-state index is 12.5. The number of para-hydroxylation sites is 1. The SMILES string of the molecule is CC1(C)CN(C(=O)C(C)(C)C)Cc2ccccc2O1. The Bertz CT molecular complexity index is 486. The van der Waals surface area contributed by atoms with Crippen molar-refractivity contribution in [3.63, 3.8) is 0 Å². The maximum Gasteiger partial charge on any atom is 0.228 e. The summed E-state index contributed by atoms with van der Waals surface area (Å²) in [4.78, 5) is 14.4. The van der Waals surface area contributed by atoms with Crippen LogP contribution in [0.2, 0.25) is 0 Å². The van der Waals surface area contributed by atoms with E-state index in [4.69, 9.17) is 4.74 Å². The second-order valence-corrected chi connectivity index (χ2v) is 6.88. The molecule has 1 amide bonds. The van der Waals surface area contributed by atoms with E-state index >= 15 is 0 Å². The fraction of sp³-hybridized carbons (Fsp3) is 0.562. The number of carbonyl (C=O) groups is 1. The van der Waals surface area contributed by atoms with Gasteiger partial charge in [-0.25, -0.2) is 0 Å². The van der Waals surface area contributed by atoms with Crippen molar-refractivity contribution in [2.75, 3.05) is 6.54 Å². The minimum absolute atomic E-state index is 0.167. The summed E-state index contributed by atoms with van der Waals surface area (Å²) < 4.78 is 6.04. The summed E-state index contributed by atoms with van der Waals surface area (Å²) in [5, 5.41) is 0. The first-order valence-electron chi connectivity index (χ1n) is 6.75. The van der Waals surface area contributed by atoms with Crippen molar-refractivity contribution in [3.05, 3.63) is 29.8 Å². The van der Waals surface area contributed by atoms with Gasteiger partial charge in [-0.3, -0.25) is 4.79 Å². The third-order valence-corrected chi connectivity index (χ3v) is 3.22. The number of rotatable bonds is 0. The molecule has 0 saturated heterocycles. The zero-order chi connectivity index (χ0) is 14.3. The first-order valence-corrected chi connectivity index (χ1v) is 6.75. The lowest BCUT2D eigenvalue weighted by molar-refractivity contribution is -0.142. The first kappa shape index (κ1) is 13.9. The molecule has 0 atom stereocenters. The molecule has 3 nitrogen and oxygen atoms in total. The highest BCUT2D eigenvalue weighted by atomic mass is 16.5. The van der Waals surface area contributed by atoms with Crippen LogP contribution in [0.4, 0.5) is 0 Å². The Labute approximate surface area is 115 Å². The summed E-state index contributed by atoms with van der Waals surface area (Å²) in [6.45, 7) is 11.2. The van der Waals surface area contributed by atoms with Gasteiger partial charge in [0.25, 0.3) is 0 Å². The Morgan fingerprint density at radius 2 is 1.89 bits per heavy atom. The second-order valence-electron chi connectivity index (χ2n) is 6.88. The van der Waals surface area contributed by atoms with Crippen molar-refractivity contribution in [2.45, 2.75) is 46.8 Å². The number of carbonyl (C=O) groups excluding carboxylic acids is 1. The van der Waals surface area contributed by atoms with Gasteiger partial charge in [-0.2, -0.15) is 0 Å². The van der Waals surface area contributed by atoms with Crippen molar-refractivity contribution >= 4 is 5.91 Å². The quantitative estimate of drug-likeness (QED) is 0.717. The predicted octanol–water partition coefficient (Wildman–Crippen LogP) is 3.23. The molecule has 0 aliphatic carbocycles. The monoisotopic (exact) mass is 261 g/mol. The Kier molecular flexibility index (Phi) is 3.33. The Morgan fingerprint density at radius 1 is 1.26 bits per heavy atom. The van der Waals surface area contributed by atoms with Gasteiger partial charge in [-0.15, -0.1) is 0 Å². The standard InChI is InChI=1S/C16H23NO2/c1-15(2,3)14(18)17-10-12-8-6-7-9-13(12)19-16(4,5)11-17/h6-9H,10-11H2,1-5H3.